The van der Waals surface area contributed by atoms with Gasteiger partial charge in [0.15, 0.2) is 0 Å². The Hall–Kier alpha value is -1.22. The molecule has 3 nitrogen and oxygen atoms in total. The van der Waals surface area contributed by atoms with Gasteiger partial charge < -0.3 is 10.2 Å². The van der Waals surface area contributed by atoms with Gasteiger partial charge in [-0.05, 0) is 30.5 Å². The summed E-state index contributed by atoms with van der Waals surface area (Å²) >= 11 is 5.85. The molecule has 0 aliphatic heterocycles. The third kappa shape index (κ3) is 4.43. The van der Waals surface area contributed by atoms with E-state index in [0.717, 1.165) is 23.4 Å². The van der Waals surface area contributed by atoms with Gasteiger partial charge in [0.25, 0.3) is 0 Å². The molecule has 0 bridgehead atoms. The Labute approximate surface area is 119 Å². The van der Waals surface area contributed by atoms with Gasteiger partial charge in [0, 0.05) is 24.7 Å². The van der Waals surface area contributed by atoms with E-state index in [1.807, 2.05) is 31.3 Å². The molecule has 0 aromatic heterocycles. The second kappa shape index (κ2) is 6.80. The maximum Gasteiger partial charge on any atom is 0.317 e. The molecule has 4 heteroatoms. The highest BCUT2D eigenvalue weighted by molar-refractivity contribution is 6.30. The van der Waals surface area contributed by atoms with Gasteiger partial charge >= 0.3 is 6.03 Å². The lowest BCUT2D eigenvalue weighted by Crippen LogP contribution is -2.43. The van der Waals surface area contributed by atoms with E-state index in [1.54, 1.807) is 4.90 Å². The predicted octanol–water partition coefficient (Wildman–Crippen LogP) is 3.81. The fraction of sp³-hybridized carbons (Fsp3) is 0.533. The number of halogens is 1. The SMILES string of the molecule is CN(Cc1ccc(Cl)cc1)C(=O)NC1CCCCC1. The second-order valence-corrected chi connectivity index (χ2v) is 5.70. The molecule has 2 amide bonds. The van der Waals surface area contributed by atoms with E-state index in [-0.39, 0.29) is 6.03 Å². The number of nitrogens with one attached hydrogen (secondary N) is 1. The Morgan fingerprint density at radius 3 is 2.53 bits per heavy atom. The summed E-state index contributed by atoms with van der Waals surface area (Å²) in [7, 11) is 1.83. The Morgan fingerprint density at radius 2 is 1.89 bits per heavy atom. The molecule has 1 saturated carbocycles. The van der Waals surface area contributed by atoms with Crippen LogP contribution in [0.25, 0.3) is 0 Å². The van der Waals surface area contributed by atoms with Gasteiger partial charge in [-0.15, -0.1) is 0 Å². The maximum atomic E-state index is 12.1. The molecule has 1 N–H and O–H groups in total. The van der Waals surface area contributed by atoms with Crippen LogP contribution in [0.5, 0.6) is 0 Å². The summed E-state index contributed by atoms with van der Waals surface area (Å²) in [5.41, 5.74) is 1.09. The number of benzene rings is 1. The first-order chi connectivity index (χ1) is 9.15. The van der Waals surface area contributed by atoms with E-state index in [1.165, 1.54) is 19.3 Å². The average Bonchev–Trinajstić information content (AvgIpc) is 2.42. The summed E-state index contributed by atoms with van der Waals surface area (Å²) in [6, 6.07) is 7.98. The molecular weight excluding hydrogens is 260 g/mol. The van der Waals surface area contributed by atoms with E-state index in [9.17, 15) is 4.79 Å². The first-order valence-corrected chi connectivity index (χ1v) is 7.29. The van der Waals surface area contributed by atoms with Crippen LogP contribution in [0.3, 0.4) is 0 Å². The number of amides is 2. The van der Waals surface area contributed by atoms with Crippen LogP contribution in [0.15, 0.2) is 24.3 Å². The minimum atomic E-state index is 0.0156. The lowest BCUT2D eigenvalue weighted by atomic mass is 9.96. The van der Waals surface area contributed by atoms with Crippen molar-refractivity contribution in [3.63, 3.8) is 0 Å². The summed E-state index contributed by atoms with van der Waals surface area (Å²) in [6.07, 6.45) is 5.98. The van der Waals surface area contributed by atoms with E-state index in [0.29, 0.717) is 12.6 Å². The average molecular weight is 281 g/mol. The van der Waals surface area contributed by atoms with Gasteiger partial charge in [-0.2, -0.15) is 0 Å². The quantitative estimate of drug-likeness (QED) is 0.897. The first-order valence-electron chi connectivity index (χ1n) is 6.91. The van der Waals surface area contributed by atoms with Crippen LogP contribution in [0.1, 0.15) is 37.7 Å². The van der Waals surface area contributed by atoms with Crippen molar-refractivity contribution < 1.29 is 4.79 Å². The normalized spacial score (nSPS) is 16.1. The van der Waals surface area contributed by atoms with Crippen LogP contribution in [-0.2, 0) is 6.54 Å². The van der Waals surface area contributed by atoms with Crippen molar-refractivity contribution in [3.05, 3.63) is 34.9 Å². The van der Waals surface area contributed by atoms with Crippen LogP contribution in [-0.4, -0.2) is 24.0 Å². The molecule has 1 aromatic rings. The molecule has 0 spiro atoms. The fourth-order valence-corrected chi connectivity index (χ4v) is 2.59. The zero-order valence-electron chi connectivity index (χ0n) is 11.4. The van der Waals surface area contributed by atoms with Crippen LogP contribution in [0.4, 0.5) is 4.79 Å². The molecule has 0 saturated heterocycles. The standard InChI is InChI=1S/C15H21ClN2O/c1-18(11-12-7-9-13(16)10-8-12)15(19)17-14-5-3-2-4-6-14/h7-10,14H,2-6,11H2,1H3,(H,17,19). The van der Waals surface area contributed by atoms with Gasteiger partial charge in [-0.25, -0.2) is 4.79 Å². The molecule has 0 unspecified atom stereocenters. The van der Waals surface area contributed by atoms with Crippen molar-refractivity contribution in [2.45, 2.75) is 44.7 Å². The first kappa shape index (κ1) is 14.2. The van der Waals surface area contributed by atoms with Crippen LogP contribution >= 0.6 is 11.6 Å². The molecule has 104 valence electrons. The van der Waals surface area contributed by atoms with Gasteiger partial charge in [-0.3, -0.25) is 0 Å². The minimum absolute atomic E-state index is 0.0156. The lowest BCUT2D eigenvalue weighted by molar-refractivity contribution is 0.198. The van der Waals surface area contributed by atoms with E-state index in [4.69, 9.17) is 11.6 Å². The summed E-state index contributed by atoms with van der Waals surface area (Å²) < 4.78 is 0. The minimum Gasteiger partial charge on any atom is -0.335 e. The predicted molar refractivity (Wildman–Crippen MR) is 78.3 cm³/mol. The smallest absolute Gasteiger partial charge is 0.317 e. The van der Waals surface area contributed by atoms with Crippen molar-refractivity contribution >= 4 is 17.6 Å². The van der Waals surface area contributed by atoms with Gasteiger partial charge in [-0.1, -0.05) is 43.0 Å². The maximum absolute atomic E-state index is 12.1. The van der Waals surface area contributed by atoms with Gasteiger partial charge in [0.05, 0.1) is 0 Å². The fourth-order valence-electron chi connectivity index (χ4n) is 2.47. The van der Waals surface area contributed by atoms with E-state index in [2.05, 4.69) is 5.32 Å². The molecule has 2 rings (SSSR count). The third-order valence-corrected chi connectivity index (χ3v) is 3.86. The van der Waals surface area contributed by atoms with Gasteiger partial charge in [0.1, 0.15) is 0 Å². The van der Waals surface area contributed by atoms with E-state index >= 15 is 0 Å². The summed E-state index contributed by atoms with van der Waals surface area (Å²) in [4.78, 5) is 13.8. The molecular formula is C15H21ClN2O. The molecule has 19 heavy (non-hydrogen) atoms. The third-order valence-electron chi connectivity index (χ3n) is 3.61. The number of hydrogen-bond donors (Lipinski definition) is 1. The molecule has 0 radical (unpaired) electrons. The number of rotatable bonds is 3. The van der Waals surface area contributed by atoms with Crippen LogP contribution < -0.4 is 5.32 Å². The second-order valence-electron chi connectivity index (χ2n) is 5.27. The largest absolute Gasteiger partial charge is 0.335 e. The Morgan fingerprint density at radius 1 is 1.26 bits per heavy atom. The van der Waals surface area contributed by atoms with Crippen LogP contribution in [0.2, 0.25) is 5.02 Å². The Balaban J connectivity index is 1.83. The van der Waals surface area contributed by atoms with Crippen molar-refractivity contribution in [2.24, 2.45) is 0 Å². The number of urea groups is 1. The summed E-state index contributed by atoms with van der Waals surface area (Å²) in [5, 5.41) is 3.83. The van der Waals surface area contributed by atoms with Crippen molar-refractivity contribution in [3.8, 4) is 0 Å². The highest BCUT2D eigenvalue weighted by Gasteiger charge is 2.17. The number of carbonyl (C=O) groups is 1. The lowest BCUT2D eigenvalue weighted by Gasteiger charge is -2.26. The monoisotopic (exact) mass is 280 g/mol. The number of carbonyl (C=O) groups excluding carboxylic acids is 1. The Kier molecular flexibility index (Phi) is 5.08. The zero-order chi connectivity index (χ0) is 13.7. The molecule has 0 atom stereocenters. The van der Waals surface area contributed by atoms with Crippen LogP contribution in [0, 0.1) is 0 Å². The van der Waals surface area contributed by atoms with Crippen molar-refractivity contribution in [1.29, 1.82) is 0 Å². The molecule has 0 heterocycles. The molecule has 1 fully saturated rings. The number of nitrogens with zero attached hydrogens (tertiary/aromatic N) is 1. The number of hydrogen-bond acceptors (Lipinski definition) is 1. The summed E-state index contributed by atoms with van der Waals surface area (Å²) in [6.45, 7) is 0.607. The zero-order valence-corrected chi connectivity index (χ0v) is 12.1. The van der Waals surface area contributed by atoms with Gasteiger partial charge in [0.2, 0.25) is 0 Å². The molecule has 1 aromatic carbocycles. The Bertz CT molecular complexity index is 413. The summed E-state index contributed by atoms with van der Waals surface area (Å²) in [5.74, 6) is 0. The molecule has 1 aliphatic carbocycles. The highest BCUT2D eigenvalue weighted by atomic mass is 35.5. The molecule has 1 aliphatic rings. The van der Waals surface area contributed by atoms with E-state index < -0.39 is 0 Å². The topological polar surface area (TPSA) is 32.3 Å². The van der Waals surface area contributed by atoms with Crippen molar-refractivity contribution in [2.75, 3.05) is 7.05 Å². The van der Waals surface area contributed by atoms with Crippen molar-refractivity contribution in [1.82, 2.24) is 10.2 Å². The highest BCUT2D eigenvalue weighted by Crippen LogP contribution is 2.17.